The van der Waals surface area contributed by atoms with Crippen LogP contribution in [0.4, 0.5) is 0 Å². The van der Waals surface area contributed by atoms with Crippen molar-refractivity contribution in [3.8, 4) is 5.88 Å². The average Bonchev–Trinajstić information content (AvgIpc) is 2.30. The summed E-state index contributed by atoms with van der Waals surface area (Å²) in [5.41, 5.74) is 0.877. The zero-order valence-corrected chi connectivity index (χ0v) is 11.8. The maximum Gasteiger partial charge on any atom is 0.255 e. The molecule has 1 aromatic heterocycles. The van der Waals surface area contributed by atoms with E-state index < -0.39 is 0 Å². The molecule has 2 aromatic rings. The van der Waals surface area contributed by atoms with Gasteiger partial charge < -0.3 is 10.1 Å². The van der Waals surface area contributed by atoms with Gasteiger partial charge in [0, 0.05) is 10.2 Å². The number of aromatic amines is 1. The van der Waals surface area contributed by atoms with Gasteiger partial charge in [0.2, 0.25) is 5.88 Å². The minimum Gasteiger partial charge on any atom is -0.493 e. The number of hydrogen-bond donors (Lipinski definition) is 2. The van der Waals surface area contributed by atoms with Gasteiger partial charge in [0.15, 0.2) is 5.16 Å². The Hall–Kier alpha value is -1.27. The monoisotopic (exact) mass is 326 g/mol. The molecule has 0 aliphatic carbocycles. The number of aryl methyl sites for hydroxylation is 1. The number of rotatable bonds is 4. The first kappa shape index (κ1) is 13.2. The van der Waals surface area contributed by atoms with E-state index in [2.05, 4.69) is 25.9 Å². The highest BCUT2D eigenvalue weighted by atomic mass is 79.9. The lowest BCUT2D eigenvalue weighted by atomic mass is 10.2. The van der Waals surface area contributed by atoms with Crippen molar-refractivity contribution >= 4 is 27.7 Å². The summed E-state index contributed by atoms with van der Waals surface area (Å²) >= 11 is 4.79. The van der Waals surface area contributed by atoms with Crippen molar-refractivity contribution in [2.24, 2.45) is 0 Å². The molecule has 2 rings (SSSR count). The van der Waals surface area contributed by atoms with Crippen LogP contribution in [0.2, 0.25) is 0 Å². The molecular formula is C12H11BrN2O2S. The fourth-order valence-corrected chi connectivity index (χ4v) is 2.53. The van der Waals surface area contributed by atoms with E-state index in [4.69, 9.17) is 0 Å². The van der Waals surface area contributed by atoms with E-state index in [1.807, 2.05) is 24.3 Å². The first-order chi connectivity index (χ1) is 8.63. The molecule has 0 radical (unpaired) electrons. The highest BCUT2D eigenvalue weighted by Gasteiger charge is 2.01. The smallest absolute Gasteiger partial charge is 0.255 e. The number of aromatic nitrogens is 2. The summed E-state index contributed by atoms with van der Waals surface area (Å²) in [6, 6.07) is 9.13. The minimum absolute atomic E-state index is 0.245. The number of halogens is 1. The predicted molar refractivity (Wildman–Crippen MR) is 75.1 cm³/mol. The highest BCUT2D eigenvalue weighted by Crippen LogP contribution is 2.16. The third kappa shape index (κ3) is 3.89. The molecule has 4 nitrogen and oxygen atoms in total. The van der Waals surface area contributed by atoms with Gasteiger partial charge >= 0.3 is 0 Å². The van der Waals surface area contributed by atoms with Crippen molar-refractivity contribution in [1.82, 2.24) is 9.97 Å². The Morgan fingerprint density at radius 2 is 2.06 bits per heavy atom. The van der Waals surface area contributed by atoms with Gasteiger partial charge in [-0.25, -0.2) is 0 Å². The van der Waals surface area contributed by atoms with E-state index in [1.165, 1.54) is 17.3 Å². The van der Waals surface area contributed by atoms with Gasteiger partial charge in [-0.15, -0.1) is 0 Å². The summed E-state index contributed by atoms with van der Waals surface area (Å²) in [6.45, 7) is 0. The summed E-state index contributed by atoms with van der Waals surface area (Å²) in [6.07, 6.45) is 0.872. The molecule has 0 spiro atoms. The van der Waals surface area contributed by atoms with Crippen molar-refractivity contribution in [1.29, 1.82) is 0 Å². The highest BCUT2D eigenvalue weighted by molar-refractivity contribution is 9.10. The van der Waals surface area contributed by atoms with Gasteiger partial charge in [-0.05, 0) is 24.1 Å². The van der Waals surface area contributed by atoms with Crippen LogP contribution < -0.4 is 5.56 Å². The quantitative estimate of drug-likeness (QED) is 0.669. The summed E-state index contributed by atoms with van der Waals surface area (Å²) in [4.78, 5) is 17.5. The van der Waals surface area contributed by atoms with Crippen LogP contribution in [0.5, 0.6) is 5.88 Å². The first-order valence-corrected chi connectivity index (χ1v) is 7.09. The van der Waals surface area contributed by atoms with Crippen LogP contribution in [-0.4, -0.2) is 20.8 Å². The molecule has 1 heterocycles. The number of aromatic hydroxyl groups is 1. The normalized spacial score (nSPS) is 10.5. The van der Waals surface area contributed by atoms with Gasteiger partial charge in [0.05, 0.1) is 6.07 Å². The van der Waals surface area contributed by atoms with Crippen LogP contribution in [0, 0.1) is 0 Å². The SMILES string of the molecule is O=c1cc(O)nc(SCCc2ccc(Br)cc2)[nH]1. The average molecular weight is 327 g/mol. The summed E-state index contributed by atoms with van der Waals surface area (Å²) in [5, 5.41) is 9.63. The predicted octanol–water partition coefficient (Wildman–Crippen LogP) is 2.57. The number of thioether (sulfide) groups is 1. The molecule has 0 fully saturated rings. The molecule has 94 valence electrons. The van der Waals surface area contributed by atoms with E-state index >= 15 is 0 Å². The molecule has 0 atom stereocenters. The largest absolute Gasteiger partial charge is 0.493 e. The number of nitrogens with zero attached hydrogens (tertiary/aromatic N) is 1. The molecule has 0 aliphatic heterocycles. The second-order valence-corrected chi connectivity index (χ2v) is 5.63. The minimum atomic E-state index is -0.339. The van der Waals surface area contributed by atoms with E-state index in [0.717, 1.165) is 22.7 Å². The Labute approximate surface area is 117 Å². The van der Waals surface area contributed by atoms with Gasteiger partial charge in [-0.2, -0.15) is 4.98 Å². The fraction of sp³-hybridized carbons (Fsp3) is 0.167. The van der Waals surface area contributed by atoms with Crippen molar-refractivity contribution < 1.29 is 5.11 Å². The molecule has 0 saturated carbocycles. The van der Waals surface area contributed by atoms with Gasteiger partial charge in [0.25, 0.3) is 5.56 Å². The zero-order chi connectivity index (χ0) is 13.0. The van der Waals surface area contributed by atoms with Gasteiger partial charge in [-0.3, -0.25) is 4.79 Å². The van der Waals surface area contributed by atoms with Crippen LogP contribution in [-0.2, 0) is 6.42 Å². The molecule has 6 heteroatoms. The first-order valence-electron chi connectivity index (χ1n) is 5.31. The second kappa shape index (κ2) is 6.06. The van der Waals surface area contributed by atoms with E-state index in [1.54, 1.807) is 0 Å². The molecule has 0 amide bonds. The summed E-state index contributed by atoms with van der Waals surface area (Å²) in [5.74, 6) is 0.540. The number of benzene rings is 1. The second-order valence-electron chi connectivity index (χ2n) is 3.63. The number of nitrogens with one attached hydrogen (secondary N) is 1. The van der Waals surface area contributed by atoms with E-state index in [0.29, 0.717) is 5.16 Å². The molecule has 0 saturated heterocycles. The Morgan fingerprint density at radius 3 is 2.72 bits per heavy atom. The maximum absolute atomic E-state index is 11.1. The number of hydrogen-bond acceptors (Lipinski definition) is 4. The summed E-state index contributed by atoms with van der Waals surface area (Å²) in [7, 11) is 0. The Kier molecular flexibility index (Phi) is 4.43. The maximum atomic E-state index is 11.1. The summed E-state index contributed by atoms with van der Waals surface area (Å²) < 4.78 is 1.05. The van der Waals surface area contributed by atoms with E-state index in [-0.39, 0.29) is 11.4 Å². The third-order valence-electron chi connectivity index (χ3n) is 2.25. The Balaban J connectivity index is 1.92. The Bertz CT molecular complexity index is 583. The van der Waals surface area contributed by atoms with Crippen LogP contribution in [0.15, 0.2) is 44.8 Å². The van der Waals surface area contributed by atoms with Crippen molar-refractivity contribution in [2.45, 2.75) is 11.6 Å². The Morgan fingerprint density at radius 1 is 1.33 bits per heavy atom. The van der Waals surface area contributed by atoms with Crippen LogP contribution in [0.25, 0.3) is 0 Å². The van der Waals surface area contributed by atoms with Crippen molar-refractivity contribution in [3.63, 3.8) is 0 Å². The lowest BCUT2D eigenvalue weighted by molar-refractivity contribution is 0.444. The van der Waals surface area contributed by atoms with E-state index in [9.17, 15) is 9.90 Å². The molecule has 0 aliphatic rings. The molecule has 0 unspecified atom stereocenters. The zero-order valence-electron chi connectivity index (χ0n) is 9.39. The molecule has 18 heavy (non-hydrogen) atoms. The topological polar surface area (TPSA) is 66.0 Å². The lowest BCUT2D eigenvalue weighted by Gasteiger charge is -2.02. The third-order valence-corrected chi connectivity index (χ3v) is 3.65. The fourth-order valence-electron chi connectivity index (χ4n) is 1.41. The van der Waals surface area contributed by atoms with Gasteiger partial charge in [0.1, 0.15) is 0 Å². The molecule has 2 N–H and O–H groups in total. The standard InChI is InChI=1S/C12H11BrN2O2S/c13-9-3-1-8(2-4-9)5-6-18-12-14-10(16)7-11(17)15-12/h1-4,7H,5-6H2,(H2,14,15,16,17). The molecular weight excluding hydrogens is 316 g/mol. The van der Waals surface area contributed by atoms with Crippen molar-refractivity contribution in [3.05, 3.63) is 50.7 Å². The molecule has 0 bridgehead atoms. The van der Waals surface area contributed by atoms with Crippen LogP contribution >= 0.6 is 27.7 Å². The van der Waals surface area contributed by atoms with Crippen LogP contribution in [0.3, 0.4) is 0 Å². The van der Waals surface area contributed by atoms with Crippen molar-refractivity contribution in [2.75, 3.05) is 5.75 Å². The lowest BCUT2D eigenvalue weighted by Crippen LogP contribution is -2.06. The number of H-pyrrole nitrogens is 1. The molecule has 1 aromatic carbocycles. The van der Waals surface area contributed by atoms with Gasteiger partial charge in [-0.1, -0.05) is 39.8 Å². The van der Waals surface area contributed by atoms with Crippen LogP contribution in [0.1, 0.15) is 5.56 Å².